The quantitative estimate of drug-likeness (QED) is 0.434. The van der Waals surface area contributed by atoms with Crippen molar-refractivity contribution in [2.75, 3.05) is 7.05 Å². The molecule has 0 aromatic carbocycles. The molecule has 0 radical (unpaired) electrons. The summed E-state index contributed by atoms with van der Waals surface area (Å²) in [5.41, 5.74) is 18.9. The van der Waals surface area contributed by atoms with Crippen molar-refractivity contribution in [3.8, 4) is 0 Å². The fourth-order valence-corrected chi connectivity index (χ4v) is 1.48. The lowest BCUT2D eigenvalue weighted by molar-refractivity contribution is -0.114. The predicted molar refractivity (Wildman–Crippen MR) is 76.7 cm³/mol. The van der Waals surface area contributed by atoms with Gasteiger partial charge in [-0.2, -0.15) is 0 Å². The molecule has 0 spiro atoms. The highest BCUT2D eigenvalue weighted by molar-refractivity contribution is 6.11. The van der Waals surface area contributed by atoms with Crippen molar-refractivity contribution in [3.63, 3.8) is 0 Å². The Balaban J connectivity index is 3.09. The molecule has 6 N–H and O–H groups in total. The number of amides is 1. The molecule has 0 aromatic rings. The smallest absolute Gasteiger partial charge is 0.264 e. The van der Waals surface area contributed by atoms with E-state index in [4.69, 9.17) is 11.5 Å². The zero-order valence-electron chi connectivity index (χ0n) is 11.7. The van der Waals surface area contributed by atoms with Crippen LogP contribution >= 0.6 is 0 Å². The molecule has 104 valence electrons. The highest BCUT2D eigenvalue weighted by atomic mass is 16.1. The fraction of sp³-hybridized carbons (Fsp3) is 0.385. The molecule has 0 unspecified atom stereocenters. The van der Waals surface area contributed by atoms with Gasteiger partial charge in [0.05, 0.1) is 17.1 Å². The summed E-state index contributed by atoms with van der Waals surface area (Å²) in [6.45, 7) is 6.32. The molecular formula is C13H21N5O. The van der Waals surface area contributed by atoms with E-state index >= 15 is 0 Å². The number of nitrogens with one attached hydrogen (secondary N) is 2. The first-order valence-corrected chi connectivity index (χ1v) is 5.93. The van der Waals surface area contributed by atoms with Crippen LogP contribution in [0.4, 0.5) is 0 Å². The summed E-state index contributed by atoms with van der Waals surface area (Å²) in [5.74, 6) is -0.669. The number of hydrazine groups is 1. The monoisotopic (exact) mass is 263 g/mol. The minimum atomic E-state index is -0.669. The first-order valence-electron chi connectivity index (χ1n) is 5.93. The van der Waals surface area contributed by atoms with Gasteiger partial charge >= 0.3 is 0 Å². The summed E-state index contributed by atoms with van der Waals surface area (Å²) < 4.78 is 0. The van der Waals surface area contributed by atoms with Crippen LogP contribution in [0.2, 0.25) is 0 Å². The average molecular weight is 263 g/mol. The Morgan fingerprint density at radius 3 is 2.47 bits per heavy atom. The number of primary amides is 1. The molecule has 1 heterocycles. The maximum Gasteiger partial charge on any atom is 0.264 e. The number of hydrogen-bond acceptors (Lipinski definition) is 5. The molecule has 1 aliphatic rings. The number of carbonyl (C=O) groups is 1. The Morgan fingerprint density at radius 1 is 1.37 bits per heavy atom. The summed E-state index contributed by atoms with van der Waals surface area (Å²) in [6.07, 6.45) is 5.30. The molecular weight excluding hydrogens is 242 g/mol. The zero-order chi connectivity index (χ0) is 14.6. The first-order chi connectivity index (χ1) is 8.75. The Bertz CT molecular complexity index is 492. The van der Waals surface area contributed by atoms with Crippen LogP contribution in [-0.2, 0) is 4.79 Å². The third kappa shape index (κ3) is 3.87. The number of aliphatic imine (C=N–C) groups is 1. The SMILES string of the molecule is CN=C(C=C(N)C(N)=O)C1=CC(C(C)(C)C)=CNN1. The van der Waals surface area contributed by atoms with E-state index in [2.05, 4.69) is 36.6 Å². The van der Waals surface area contributed by atoms with Crippen molar-refractivity contribution in [1.29, 1.82) is 0 Å². The second-order valence-electron chi connectivity index (χ2n) is 5.25. The molecule has 19 heavy (non-hydrogen) atoms. The van der Waals surface area contributed by atoms with Crippen molar-refractivity contribution < 1.29 is 4.79 Å². The van der Waals surface area contributed by atoms with Crippen LogP contribution in [-0.4, -0.2) is 18.7 Å². The van der Waals surface area contributed by atoms with E-state index in [0.29, 0.717) is 5.71 Å². The third-order valence-corrected chi connectivity index (χ3v) is 2.69. The van der Waals surface area contributed by atoms with E-state index in [1.165, 1.54) is 6.08 Å². The molecule has 0 saturated carbocycles. The van der Waals surface area contributed by atoms with Gasteiger partial charge in [-0.25, -0.2) is 0 Å². The van der Waals surface area contributed by atoms with Gasteiger partial charge in [0.1, 0.15) is 0 Å². The number of nitrogens with zero attached hydrogens (tertiary/aromatic N) is 1. The van der Waals surface area contributed by atoms with Gasteiger partial charge in [0.2, 0.25) is 0 Å². The van der Waals surface area contributed by atoms with Crippen LogP contribution in [0.3, 0.4) is 0 Å². The van der Waals surface area contributed by atoms with E-state index in [1.54, 1.807) is 7.05 Å². The minimum Gasteiger partial charge on any atom is -0.394 e. The maximum absolute atomic E-state index is 11.0. The summed E-state index contributed by atoms with van der Waals surface area (Å²) in [4.78, 5) is 15.1. The number of nitrogens with two attached hydrogens (primary N) is 2. The predicted octanol–water partition coefficient (Wildman–Crippen LogP) is 0.307. The number of hydrogen-bond donors (Lipinski definition) is 4. The zero-order valence-corrected chi connectivity index (χ0v) is 11.7. The van der Waals surface area contributed by atoms with E-state index in [1.807, 2.05) is 12.3 Å². The normalized spacial score (nSPS) is 17.1. The van der Waals surface area contributed by atoms with Crippen LogP contribution in [0.1, 0.15) is 20.8 Å². The van der Waals surface area contributed by atoms with Gasteiger partial charge in [-0.1, -0.05) is 20.8 Å². The van der Waals surface area contributed by atoms with E-state index in [0.717, 1.165) is 11.3 Å². The molecule has 0 fully saturated rings. The maximum atomic E-state index is 11.0. The van der Waals surface area contributed by atoms with E-state index in [-0.39, 0.29) is 11.1 Å². The third-order valence-electron chi connectivity index (χ3n) is 2.69. The van der Waals surface area contributed by atoms with Gasteiger partial charge < -0.3 is 16.9 Å². The summed E-state index contributed by atoms with van der Waals surface area (Å²) in [7, 11) is 1.62. The number of allylic oxidation sites excluding steroid dienone is 3. The Hall–Kier alpha value is -2.24. The van der Waals surface area contributed by atoms with E-state index in [9.17, 15) is 4.79 Å². The highest BCUT2D eigenvalue weighted by Gasteiger charge is 2.19. The molecule has 1 amide bonds. The summed E-state index contributed by atoms with van der Waals surface area (Å²) >= 11 is 0. The standard InChI is InChI=1S/C13H21N5O/c1-13(2,3)8-5-11(18-17-7-8)10(16-4)6-9(14)12(15)19/h5-7,17-18H,14H2,1-4H3,(H2,15,19). The summed E-state index contributed by atoms with van der Waals surface area (Å²) in [5, 5.41) is 0. The van der Waals surface area contributed by atoms with Gasteiger partial charge in [-0.3, -0.25) is 15.2 Å². The lowest BCUT2D eigenvalue weighted by Gasteiger charge is -2.26. The van der Waals surface area contributed by atoms with Crippen molar-refractivity contribution in [2.45, 2.75) is 20.8 Å². The van der Waals surface area contributed by atoms with E-state index < -0.39 is 5.91 Å². The van der Waals surface area contributed by atoms with Gasteiger partial charge in [0.15, 0.2) is 0 Å². The number of carbonyl (C=O) groups excluding carboxylic acids is 1. The van der Waals surface area contributed by atoms with Crippen LogP contribution in [0.5, 0.6) is 0 Å². The van der Waals surface area contributed by atoms with Gasteiger partial charge in [-0.05, 0) is 23.1 Å². The van der Waals surface area contributed by atoms with Gasteiger partial charge in [0.25, 0.3) is 5.91 Å². The topological polar surface area (TPSA) is 106 Å². The van der Waals surface area contributed by atoms with Crippen LogP contribution < -0.4 is 22.3 Å². The molecule has 0 saturated heterocycles. The lowest BCUT2D eigenvalue weighted by atomic mass is 9.86. The Labute approximate surface area is 113 Å². The molecule has 6 nitrogen and oxygen atoms in total. The fourth-order valence-electron chi connectivity index (χ4n) is 1.48. The molecule has 1 rings (SSSR count). The molecule has 0 aliphatic carbocycles. The van der Waals surface area contributed by atoms with Gasteiger partial charge in [-0.15, -0.1) is 0 Å². The second-order valence-corrected chi connectivity index (χ2v) is 5.25. The highest BCUT2D eigenvalue weighted by Crippen LogP contribution is 2.27. The van der Waals surface area contributed by atoms with Crippen molar-refractivity contribution in [2.24, 2.45) is 21.9 Å². The molecule has 0 atom stereocenters. The van der Waals surface area contributed by atoms with Gasteiger partial charge in [0, 0.05) is 13.2 Å². The molecule has 6 heteroatoms. The molecule has 1 aliphatic heterocycles. The Kier molecular flexibility index (Phi) is 4.37. The largest absolute Gasteiger partial charge is 0.394 e. The summed E-state index contributed by atoms with van der Waals surface area (Å²) in [6, 6.07) is 0. The van der Waals surface area contributed by atoms with Crippen molar-refractivity contribution in [3.05, 3.63) is 35.3 Å². The number of rotatable bonds is 3. The van der Waals surface area contributed by atoms with Crippen LogP contribution in [0.25, 0.3) is 0 Å². The Morgan fingerprint density at radius 2 is 2.00 bits per heavy atom. The van der Waals surface area contributed by atoms with Crippen molar-refractivity contribution >= 4 is 11.6 Å². The van der Waals surface area contributed by atoms with Crippen LogP contribution in [0.15, 0.2) is 40.3 Å². The first kappa shape index (κ1) is 14.8. The van der Waals surface area contributed by atoms with Crippen molar-refractivity contribution in [1.82, 2.24) is 10.9 Å². The minimum absolute atomic E-state index is 0.00184. The van der Waals surface area contributed by atoms with Crippen LogP contribution in [0, 0.1) is 5.41 Å². The molecule has 0 bridgehead atoms. The second kappa shape index (κ2) is 5.60. The lowest BCUT2D eigenvalue weighted by Crippen LogP contribution is -2.35. The average Bonchev–Trinajstić information content (AvgIpc) is 2.34. The molecule has 0 aromatic heterocycles.